The summed E-state index contributed by atoms with van der Waals surface area (Å²) in [5.41, 5.74) is 1.80. The minimum atomic E-state index is -0.135. The summed E-state index contributed by atoms with van der Waals surface area (Å²) in [4.78, 5) is 25.9. The van der Waals surface area contributed by atoms with Crippen molar-refractivity contribution in [2.75, 3.05) is 26.2 Å². The highest BCUT2D eigenvalue weighted by Crippen LogP contribution is 2.26. The SMILES string of the molecule is Cn1cc(C(=O)NCCN2CC[C@@H](c3ccccc3)C2)ccc1=O. The number of hydrogen-bond donors (Lipinski definition) is 1. The van der Waals surface area contributed by atoms with Crippen molar-refractivity contribution < 1.29 is 4.79 Å². The average molecular weight is 325 g/mol. The molecule has 1 N–H and O–H groups in total. The van der Waals surface area contributed by atoms with Gasteiger partial charge in [-0.25, -0.2) is 0 Å². The first kappa shape index (κ1) is 16.5. The zero-order valence-corrected chi connectivity index (χ0v) is 13.9. The highest BCUT2D eigenvalue weighted by molar-refractivity contribution is 5.93. The van der Waals surface area contributed by atoms with Gasteiger partial charge in [0.2, 0.25) is 5.56 Å². The predicted molar refractivity (Wildman–Crippen MR) is 94.3 cm³/mol. The lowest BCUT2D eigenvalue weighted by Crippen LogP contribution is -2.34. The number of nitrogens with zero attached hydrogens (tertiary/aromatic N) is 2. The zero-order chi connectivity index (χ0) is 16.9. The van der Waals surface area contributed by atoms with Crippen molar-refractivity contribution in [1.82, 2.24) is 14.8 Å². The van der Waals surface area contributed by atoms with Crippen LogP contribution in [-0.4, -0.2) is 41.6 Å². The molecule has 0 bridgehead atoms. The van der Waals surface area contributed by atoms with Gasteiger partial charge < -0.3 is 14.8 Å². The van der Waals surface area contributed by atoms with E-state index in [9.17, 15) is 9.59 Å². The van der Waals surface area contributed by atoms with Gasteiger partial charge in [-0.05, 0) is 30.5 Å². The average Bonchev–Trinajstić information content (AvgIpc) is 3.07. The quantitative estimate of drug-likeness (QED) is 0.908. The number of aryl methyl sites for hydroxylation is 1. The maximum absolute atomic E-state index is 12.1. The van der Waals surface area contributed by atoms with Crippen molar-refractivity contribution in [3.63, 3.8) is 0 Å². The highest BCUT2D eigenvalue weighted by atomic mass is 16.2. The fourth-order valence-corrected chi connectivity index (χ4v) is 3.19. The molecule has 1 fully saturated rings. The normalized spacial score (nSPS) is 17.8. The first-order valence-electron chi connectivity index (χ1n) is 8.35. The van der Waals surface area contributed by atoms with Gasteiger partial charge in [-0.2, -0.15) is 0 Å². The molecule has 1 atom stereocenters. The molecule has 0 unspecified atom stereocenters. The molecule has 1 aliphatic rings. The van der Waals surface area contributed by atoms with Crippen LogP contribution >= 0.6 is 0 Å². The van der Waals surface area contributed by atoms with Crippen LogP contribution in [0.15, 0.2) is 53.5 Å². The summed E-state index contributed by atoms with van der Waals surface area (Å²) in [5, 5.41) is 2.93. The number of benzene rings is 1. The fourth-order valence-electron chi connectivity index (χ4n) is 3.19. The van der Waals surface area contributed by atoms with Crippen molar-refractivity contribution in [1.29, 1.82) is 0 Å². The summed E-state index contributed by atoms with van der Waals surface area (Å²) in [6.07, 6.45) is 2.73. The minimum absolute atomic E-state index is 0.115. The van der Waals surface area contributed by atoms with E-state index in [0.717, 1.165) is 19.6 Å². The van der Waals surface area contributed by atoms with Crippen LogP contribution in [-0.2, 0) is 7.05 Å². The Morgan fingerprint density at radius 3 is 2.75 bits per heavy atom. The van der Waals surface area contributed by atoms with Gasteiger partial charge >= 0.3 is 0 Å². The van der Waals surface area contributed by atoms with Crippen LogP contribution in [0.25, 0.3) is 0 Å². The van der Waals surface area contributed by atoms with Crippen molar-refractivity contribution in [3.05, 3.63) is 70.1 Å². The van der Waals surface area contributed by atoms with Gasteiger partial charge in [-0.1, -0.05) is 30.3 Å². The number of aromatic nitrogens is 1. The molecule has 0 radical (unpaired) electrons. The molecule has 1 aromatic heterocycles. The molecule has 0 spiro atoms. The molecule has 1 amide bonds. The monoisotopic (exact) mass is 325 g/mol. The van der Waals surface area contributed by atoms with E-state index >= 15 is 0 Å². The van der Waals surface area contributed by atoms with Crippen LogP contribution in [0.1, 0.15) is 28.3 Å². The zero-order valence-electron chi connectivity index (χ0n) is 13.9. The second kappa shape index (κ2) is 7.45. The molecule has 2 heterocycles. The van der Waals surface area contributed by atoms with Crippen LogP contribution in [0.3, 0.4) is 0 Å². The Morgan fingerprint density at radius 2 is 2.00 bits per heavy atom. The van der Waals surface area contributed by atoms with Gasteiger partial charge in [-0.3, -0.25) is 9.59 Å². The van der Waals surface area contributed by atoms with Crippen LogP contribution in [0.4, 0.5) is 0 Å². The first-order chi connectivity index (χ1) is 11.6. The number of likely N-dealkylation sites (tertiary alicyclic amines) is 1. The van der Waals surface area contributed by atoms with Gasteiger partial charge in [-0.15, -0.1) is 0 Å². The first-order valence-corrected chi connectivity index (χ1v) is 8.35. The van der Waals surface area contributed by atoms with Gasteiger partial charge in [0.1, 0.15) is 0 Å². The van der Waals surface area contributed by atoms with Crippen molar-refractivity contribution in [2.24, 2.45) is 7.05 Å². The summed E-state index contributed by atoms with van der Waals surface area (Å²) in [6, 6.07) is 13.6. The molecule has 5 nitrogen and oxygen atoms in total. The topological polar surface area (TPSA) is 54.3 Å². The standard InChI is InChI=1S/C19H23N3O2/c1-21-13-17(7-8-18(21)23)19(24)20-10-12-22-11-9-16(14-22)15-5-3-2-4-6-15/h2-8,13,16H,9-12,14H2,1H3,(H,20,24)/t16-/m1/s1. The number of carbonyl (C=O) groups excluding carboxylic acids is 1. The maximum atomic E-state index is 12.1. The Bertz CT molecular complexity index is 755. The molecule has 2 aromatic rings. The third kappa shape index (κ3) is 3.92. The van der Waals surface area contributed by atoms with Crippen molar-refractivity contribution in [3.8, 4) is 0 Å². The highest BCUT2D eigenvalue weighted by Gasteiger charge is 2.23. The molecule has 1 aliphatic heterocycles. The summed E-state index contributed by atoms with van der Waals surface area (Å²) >= 11 is 0. The molecule has 3 rings (SSSR count). The summed E-state index contributed by atoms with van der Waals surface area (Å²) in [5.74, 6) is 0.454. The molecule has 1 aromatic carbocycles. The summed E-state index contributed by atoms with van der Waals surface area (Å²) in [7, 11) is 1.65. The second-order valence-electron chi connectivity index (χ2n) is 6.32. The molecule has 0 aliphatic carbocycles. The lowest BCUT2D eigenvalue weighted by molar-refractivity contribution is 0.0949. The number of pyridine rings is 1. The number of rotatable bonds is 5. The summed E-state index contributed by atoms with van der Waals surface area (Å²) in [6.45, 7) is 3.57. The number of hydrogen-bond acceptors (Lipinski definition) is 3. The van der Waals surface area contributed by atoms with E-state index in [0.29, 0.717) is 18.0 Å². The van der Waals surface area contributed by atoms with E-state index < -0.39 is 0 Å². The van der Waals surface area contributed by atoms with E-state index in [1.165, 1.54) is 22.6 Å². The minimum Gasteiger partial charge on any atom is -0.351 e. The number of amides is 1. The molecular formula is C19H23N3O2. The third-order valence-electron chi connectivity index (χ3n) is 4.60. The van der Waals surface area contributed by atoms with Gasteiger partial charge in [0.25, 0.3) is 5.91 Å². The fraction of sp³-hybridized carbons (Fsp3) is 0.368. The van der Waals surface area contributed by atoms with Gasteiger partial charge in [0, 0.05) is 38.9 Å². The number of nitrogens with one attached hydrogen (secondary N) is 1. The van der Waals surface area contributed by atoms with E-state index in [2.05, 4.69) is 34.5 Å². The van der Waals surface area contributed by atoms with E-state index in [4.69, 9.17) is 0 Å². The Labute approximate surface area is 141 Å². The van der Waals surface area contributed by atoms with Crippen LogP contribution in [0, 0.1) is 0 Å². The molecule has 24 heavy (non-hydrogen) atoms. The molecule has 126 valence electrons. The Morgan fingerprint density at radius 1 is 1.21 bits per heavy atom. The van der Waals surface area contributed by atoms with Crippen LogP contribution < -0.4 is 10.9 Å². The number of carbonyl (C=O) groups is 1. The lowest BCUT2D eigenvalue weighted by atomic mass is 9.99. The third-order valence-corrected chi connectivity index (χ3v) is 4.60. The van der Waals surface area contributed by atoms with Crippen molar-refractivity contribution in [2.45, 2.75) is 12.3 Å². The van der Waals surface area contributed by atoms with Crippen LogP contribution in [0.5, 0.6) is 0 Å². The Kier molecular flexibility index (Phi) is 5.11. The van der Waals surface area contributed by atoms with Crippen LogP contribution in [0.2, 0.25) is 0 Å². The molecule has 0 saturated carbocycles. The Hall–Kier alpha value is -2.40. The predicted octanol–water partition coefficient (Wildman–Crippen LogP) is 1.60. The molecular weight excluding hydrogens is 302 g/mol. The largest absolute Gasteiger partial charge is 0.351 e. The van der Waals surface area contributed by atoms with Gasteiger partial charge in [0.15, 0.2) is 0 Å². The summed E-state index contributed by atoms with van der Waals surface area (Å²) < 4.78 is 1.42. The Balaban J connectivity index is 1.46. The smallest absolute Gasteiger partial charge is 0.252 e. The molecule has 5 heteroatoms. The van der Waals surface area contributed by atoms with Gasteiger partial charge in [0.05, 0.1) is 5.56 Å². The molecule has 1 saturated heterocycles. The van der Waals surface area contributed by atoms with E-state index in [1.807, 2.05) is 6.07 Å². The van der Waals surface area contributed by atoms with E-state index in [1.54, 1.807) is 19.3 Å². The maximum Gasteiger partial charge on any atom is 0.252 e. The van der Waals surface area contributed by atoms with E-state index in [-0.39, 0.29) is 11.5 Å². The lowest BCUT2D eigenvalue weighted by Gasteiger charge is -2.16. The second-order valence-corrected chi connectivity index (χ2v) is 6.32. The van der Waals surface area contributed by atoms with Crippen molar-refractivity contribution >= 4 is 5.91 Å².